The molecule has 6 heteroatoms. The van der Waals surface area contributed by atoms with E-state index in [0.717, 1.165) is 0 Å². The molecular formula is C17H18N2O4. The first-order valence-corrected chi connectivity index (χ1v) is 7.12. The predicted octanol–water partition coefficient (Wildman–Crippen LogP) is 2.37. The highest BCUT2D eigenvalue weighted by Gasteiger charge is 2.28. The van der Waals surface area contributed by atoms with Gasteiger partial charge in [0.05, 0.1) is 17.5 Å². The number of para-hydroxylation sites is 2. The van der Waals surface area contributed by atoms with Gasteiger partial charge in [0, 0.05) is 0 Å². The van der Waals surface area contributed by atoms with Gasteiger partial charge in [-0.2, -0.15) is 0 Å². The van der Waals surface area contributed by atoms with Crippen LogP contribution in [0.1, 0.15) is 6.92 Å². The molecule has 0 bridgehead atoms. The quantitative estimate of drug-likeness (QED) is 0.790. The maximum Gasteiger partial charge on any atom is 0.328 e. The highest BCUT2D eigenvalue weighted by Crippen LogP contribution is 2.25. The third-order valence-corrected chi connectivity index (χ3v) is 3.26. The number of nitrogens with zero attached hydrogens (tertiary/aromatic N) is 1. The lowest BCUT2D eigenvalue weighted by Gasteiger charge is -2.26. The number of urea groups is 1. The summed E-state index contributed by atoms with van der Waals surface area (Å²) in [6.45, 7) is 1.31. The largest absolute Gasteiger partial charge is 0.480 e. The molecule has 0 aliphatic carbocycles. The number of aliphatic hydroxyl groups excluding tert-OH is 1. The zero-order chi connectivity index (χ0) is 16.8. The Bertz CT molecular complexity index is 619. The first kappa shape index (κ1) is 16.5. The molecule has 2 aromatic carbocycles. The van der Waals surface area contributed by atoms with Crippen molar-refractivity contribution >= 4 is 23.4 Å². The van der Waals surface area contributed by atoms with E-state index in [1.165, 1.54) is 11.8 Å². The molecule has 3 N–H and O–H groups in total. The van der Waals surface area contributed by atoms with E-state index in [2.05, 4.69) is 5.32 Å². The van der Waals surface area contributed by atoms with Crippen LogP contribution in [-0.2, 0) is 4.79 Å². The van der Waals surface area contributed by atoms with E-state index < -0.39 is 24.1 Å². The van der Waals surface area contributed by atoms with Crippen LogP contribution in [0.4, 0.5) is 16.2 Å². The summed E-state index contributed by atoms with van der Waals surface area (Å²) in [5, 5.41) is 21.0. The molecule has 2 aromatic rings. The minimum atomic E-state index is -1.39. The van der Waals surface area contributed by atoms with Gasteiger partial charge in [-0.1, -0.05) is 36.4 Å². The first-order valence-electron chi connectivity index (χ1n) is 7.12. The van der Waals surface area contributed by atoms with Crippen molar-refractivity contribution in [2.75, 3.05) is 4.90 Å². The Morgan fingerprint density at radius 1 is 0.957 bits per heavy atom. The molecule has 0 spiro atoms. The van der Waals surface area contributed by atoms with Gasteiger partial charge in [-0.15, -0.1) is 0 Å². The monoisotopic (exact) mass is 314 g/mol. The van der Waals surface area contributed by atoms with E-state index in [-0.39, 0.29) is 0 Å². The van der Waals surface area contributed by atoms with Crippen LogP contribution in [0.15, 0.2) is 60.7 Å². The molecule has 2 rings (SSSR count). The highest BCUT2D eigenvalue weighted by atomic mass is 16.4. The Hall–Kier alpha value is -2.86. The second kappa shape index (κ2) is 7.42. The zero-order valence-corrected chi connectivity index (χ0v) is 12.6. The number of benzene rings is 2. The van der Waals surface area contributed by atoms with Gasteiger partial charge in [0.1, 0.15) is 0 Å². The van der Waals surface area contributed by atoms with Gasteiger partial charge in [-0.25, -0.2) is 9.59 Å². The number of carbonyl (C=O) groups is 2. The number of amides is 2. The minimum absolute atomic E-state index is 0.589. The predicted molar refractivity (Wildman–Crippen MR) is 86.7 cm³/mol. The Labute approximate surface area is 134 Å². The van der Waals surface area contributed by atoms with E-state index in [0.29, 0.717) is 11.4 Å². The summed E-state index contributed by atoms with van der Waals surface area (Å²) < 4.78 is 0. The molecule has 0 radical (unpaired) electrons. The maximum atomic E-state index is 12.6. The summed E-state index contributed by atoms with van der Waals surface area (Å²) in [5.41, 5.74) is 1.18. The number of aliphatic carboxylic acids is 1. The Kier molecular flexibility index (Phi) is 5.32. The number of rotatable bonds is 5. The van der Waals surface area contributed by atoms with E-state index in [1.54, 1.807) is 48.5 Å². The van der Waals surface area contributed by atoms with Gasteiger partial charge in [0.25, 0.3) is 0 Å². The van der Waals surface area contributed by atoms with Crippen LogP contribution in [0, 0.1) is 0 Å². The first-order chi connectivity index (χ1) is 11.0. The van der Waals surface area contributed by atoms with Crippen LogP contribution in [0.5, 0.6) is 0 Å². The molecule has 2 amide bonds. The van der Waals surface area contributed by atoms with Crippen molar-refractivity contribution in [1.29, 1.82) is 0 Å². The van der Waals surface area contributed by atoms with Crippen molar-refractivity contribution in [1.82, 2.24) is 5.32 Å². The number of hydrogen-bond acceptors (Lipinski definition) is 3. The van der Waals surface area contributed by atoms with Gasteiger partial charge in [-0.3, -0.25) is 4.90 Å². The summed E-state index contributed by atoms with van der Waals surface area (Å²) in [4.78, 5) is 25.1. The van der Waals surface area contributed by atoms with Crippen LogP contribution < -0.4 is 10.2 Å². The molecule has 0 saturated carbocycles. The molecule has 0 aliphatic rings. The van der Waals surface area contributed by atoms with Crippen molar-refractivity contribution in [3.63, 3.8) is 0 Å². The van der Waals surface area contributed by atoms with E-state index >= 15 is 0 Å². The van der Waals surface area contributed by atoms with E-state index in [9.17, 15) is 14.7 Å². The zero-order valence-electron chi connectivity index (χ0n) is 12.6. The number of anilines is 2. The van der Waals surface area contributed by atoms with Crippen molar-refractivity contribution in [3.8, 4) is 0 Å². The number of hydrogen-bond donors (Lipinski definition) is 3. The normalized spacial score (nSPS) is 13.0. The number of nitrogens with one attached hydrogen (secondary N) is 1. The Morgan fingerprint density at radius 3 is 1.74 bits per heavy atom. The summed E-state index contributed by atoms with van der Waals surface area (Å²) in [7, 11) is 0. The number of carboxylic acid groups (broad SMARTS) is 1. The van der Waals surface area contributed by atoms with E-state index in [1.807, 2.05) is 12.1 Å². The fraction of sp³-hybridized carbons (Fsp3) is 0.176. The van der Waals surface area contributed by atoms with Gasteiger partial charge in [0.2, 0.25) is 0 Å². The molecule has 0 aliphatic heterocycles. The summed E-state index contributed by atoms with van der Waals surface area (Å²) >= 11 is 0. The smallest absolute Gasteiger partial charge is 0.328 e. The van der Waals surface area contributed by atoms with Gasteiger partial charge >= 0.3 is 12.0 Å². The average Bonchev–Trinajstić information content (AvgIpc) is 2.54. The number of aliphatic hydroxyl groups is 1. The third kappa shape index (κ3) is 4.08. The van der Waals surface area contributed by atoms with Crippen LogP contribution in [0.25, 0.3) is 0 Å². The Balaban J connectivity index is 2.34. The van der Waals surface area contributed by atoms with Crippen molar-refractivity contribution in [2.24, 2.45) is 0 Å². The molecule has 0 fully saturated rings. The fourth-order valence-electron chi connectivity index (χ4n) is 2.12. The van der Waals surface area contributed by atoms with Gasteiger partial charge in [0.15, 0.2) is 6.04 Å². The van der Waals surface area contributed by atoms with Crippen LogP contribution in [0.2, 0.25) is 0 Å². The SMILES string of the molecule is C[C@H](O)[C@@H](NC(=O)N(c1ccccc1)c1ccccc1)C(=O)O. The average molecular weight is 314 g/mol. The Morgan fingerprint density at radius 2 is 1.39 bits per heavy atom. The lowest BCUT2D eigenvalue weighted by atomic mass is 10.2. The van der Waals surface area contributed by atoms with Crippen LogP contribution in [0.3, 0.4) is 0 Å². The molecule has 6 nitrogen and oxygen atoms in total. The molecule has 120 valence electrons. The molecular weight excluding hydrogens is 296 g/mol. The minimum Gasteiger partial charge on any atom is -0.480 e. The number of carbonyl (C=O) groups excluding carboxylic acids is 1. The molecule has 0 aromatic heterocycles. The standard InChI is InChI=1S/C17H18N2O4/c1-12(20)15(16(21)22)18-17(23)19(13-8-4-2-5-9-13)14-10-6-3-7-11-14/h2-12,15,20H,1H3,(H,18,23)(H,21,22)/t12-,15+/m0/s1. The van der Waals surface area contributed by atoms with Crippen molar-refractivity contribution in [2.45, 2.75) is 19.1 Å². The van der Waals surface area contributed by atoms with Gasteiger partial charge < -0.3 is 15.5 Å². The van der Waals surface area contributed by atoms with Crippen molar-refractivity contribution < 1.29 is 19.8 Å². The molecule has 0 saturated heterocycles. The maximum absolute atomic E-state index is 12.6. The fourth-order valence-corrected chi connectivity index (χ4v) is 2.12. The second-order valence-corrected chi connectivity index (χ2v) is 5.01. The van der Waals surface area contributed by atoms with Crippen LogP contribution >= 0.6 is 0 Å². The summed E-state index contributed by atoms with van der Waals surface area (Å²) in [5.74, 6) is -1.30. The molecule has 0 unspecified atom stereocenters. The topological polar surface area (TPSA) is 89.9 Å². The van der Waals surface area contributed by atoms with Crippen LogP contribution in [-0.4, -0.2) is 34.4 Å². The molecule has 23 heavy (non-hydrogen) atoms. The number of carboxylic acids is 1. The molecule has 0 heterocycles. The highest BCUT2D eigenvalue weighted by molar-refractivity contribution is 6.00. The van der Waals surface area contributed by atoms with Gasteiger partial charge in [-0.05, 0) is 31.2 Å². The van der Waals surface area contributed by atoms with E-state index in [4.69, 9.17) is 5.11 Å². The molecule has 2 atom stereocenters. The van der Waals surface area contributed by atoms with Crippen molar-refractivity contribution in [3.05, 3.63) is 60.7 Å². The lowest BCUT2D eigenvalue weighted by Crippen LogP contribution is -2.51. The lowest BCUT2D eigenvalue weighted by molar-refractivity contribution is -0.141. The summed E-state index contributed by atoms with van der Waals surface area (Å²) in [6, 6.07) is 15.7. The second-order valence-electron chi connectivity index (χ2n) is 5.01. The third-order valence-electron chi connectivity index (χ3n) is 3.26. The summed E-state index contributed by atoms with van der Waals surface area (Å²) in [6.07, 6.45) is -1.22.